The summed E-state index contributed by atoms with van der Waals surface area (Å²) in [6, 6.07) is 5.35. The number of alkyl halides is 3. The fraction of sp³-hybridized carbons (Fsp3) is 0.759. The van der Waals surface area contributed by atoms with Crippen LogP contribution in [0.2, 0.25) is 0 Å². The van der Waals surface area contributed by atoms with E-state index >= 15 is 0 Å². The Bertz CT molecular complexity index is 999. The predicted molar refractivity (Wildman–Crippen MR) is 131 cm³/mol. The van der Waals surface area contributed by atoms with Crippen molar-refractivity contribution in [1.29, 1.82) is 5.26 Å². The highest BCUT2D eigenvalue weighted by molar-refractivity contribution is 5.55. The molecule has 0 saturated heterocycles. The fourth-order valence-electron chi connectivity index (χ4n) is 9.14. The Labute approximate surface area is 207 Å². The number of nitriles is 1. The van der Waals surface area contributed by atoms with Gasteiger partial charge in [0.1, 0.15) is 6.04 Å². The van der Waals surface area contributed by atoms with E-state index in [0.717, 1.165) is 51.4 Å². The lowest BCUT2D eigenvalue weighted by atomic mass is 9.48. The first kappa shape index (κ1) is 24.9. The summed E-state index contributed by atoms with van der Waals surface area (Å²) in [6.07, 6.45) is 4.07. The maximum absolute atomic E-state index is 14.6. The van der Waals surface area contributed by atoms with Crippen LogP contribution in [0, 0.1) is 59.2 Å². The van der Waals surface area contributed by atoms with Crippen molar-refractivity contribution in [2.45, 2.75) is 96.4 Å². The van der Waals surface area contributed by atoms with Gasteiger partial charge in [-0.1, -0.05) is 6.92 Å². The minimum Gasteiger partial charge on any atom is -0.390 e. The Morgan fingerprint density at radius 2 is 1.77 bits per heavy atom. The second-order valence-electron chi connectivity index (χ2n) is 12.7. The zero-order valence-electron chi connectivity index (χ0n) is 21.2. The average Bonchev–Trinajstić information content (AvgIpc) is 3.13. The third kappa shape index (κ3) is 4.37. The van der Waals surface area contributed by atoms with Gasteiger partial charge in [-0.2, -0.15) is 18.4 Å². The number of rotatable bonds is 3. The summed E-state index contributed by atoms with van der Waals surface area (Å²) in [5, 5.41) is 22.6. The number of halogens is 3. The van der Waals surface area contributed by atoms with Gasteiger partial charge in [-0.25, -0.2) is 0 Å². The van der Waals surface area contributed by atoms with E-state index in [2.05, 4.69) is 18.3 Å². The molecule has 1 aromatic rings. The van der Waals surface area contributed by atoms with Crippen LogP contribution in [0.4, 0.5) is 18.9 Å². The molecule has 3 nitrogen and oxygen atoms in total. The molecule has 0 heterocycles. The Balaban J connectivity index is 1.38. The number of nitrogens with zero attached hydrogens (tertiary/aromatic N) is 1. The summed E-state index contributed by atoms with van der Waals surface area (Å²) in [5.41, 5.74) is 0.741. The summed E-state index contributed by atoms with van der Waals surface area (Å²) in [6.45, 7) is 5.88. The van der Waals surface area contributed by atoms with Crippen LogP contribution in [-0.2, 0) is 0 Å². The van der Waals surface area contributed by atoms with Gasteiger partial charge < -0.3 is 10.4 Å². The van der Waals surface area contributed by atoms with Crippen LogP contribution in [-0.4, -0.2) is 22.9 Å². The molecular weight excluding hydrogens is 449 g/mol. The molecule has 9 atom stereocenters. The molecule has 1 aromatic carbocycles. The normalized spacial score (nSPS) is 41.8. The van der Waals surface area contributed by atoms with E-state index in [4.69, 9.17) is 5.26 Å². The first-order chi connectivity index (χ1) is 16.4. The zero-order valence-corrected chi connectivity index (χ0v) is 21.2. The second kappa shape index (κ2) is 8.68. The van der Waals surface area contributed by atoms with E-state index in [-0.39, 0.29) is 5.41 Å². The number of fused-ring (bicyclic) bond motifs is 5. The van der Waals surface area contributed by atoms with Crippen molar-refractivity contribution in [2.24, 2.45) is 40.9 Å². The minimum absolute atomic E-state index is 0.318. The standard InChI is InChI=1S/C29H39F3N2O/c1-17-14-18(16-33)4-9-25(17)34-26(29(30,31)32)24-8-7-23-22-6-5-19-15-27(2,35)12-10-20(19)21(22)11-13-28(23,24)3/h4,9,14,19-24,26,34-35H,5-8,10-13,15H2,1-3H3/t19-,20+,21-,22-,23+,24-,26-,27-,28+/m1/s1. The number of hydrogen-bond donors (Lipinski definition) is 2. The third-order valence-electron chi connectivity index (χ3n) is 10.7. The molecular formula is C29H39F3N2O. The molecule has 0 bridgehead atoms. The lowest BCUT2D eigenvalue weighted by molar-refractivity contribution is -0.169. The highest BCUT2D eigenvalue weighted by Crippen LogP contribution is 2.66. The number of aryl methyl sites for hydroxylation is 1. The molecule has 4 saturated carbocycles. The number of benzene rings is 1. The molecule has 0 aliphatic heterocycles. The second-order valence-corrected chi connectivity index (χ2v) is 12.7. The van der Waals surface area contributed by atoms with Crippen molar-refractivity contribution in [2.75, 3.05) is 5.32 Å². The van der Waals surface area contributed by atoms with Gasteiger partial charge in [-0.05, 0) is 136 Å². The van der Waals surface area contributed by atoms with Gasteiger partial charge in [0.25, 0.3) is 0 Å². The Morgan fingerprint density at radius 1 is 1.03 bits per heavy atom. The van der Waals surface area contributed by atoms with Crippen LogP contribution in [0.3, 0.4) is 0 Å². The summed E-state index contributed by atoms with van der Waals surface area (Å²) in [7, 11) is 0. The average molecular weight is 489 g/mol. The molecule has 5 rings (SSSR count). The first-order valence-corrected chi connectivity index (χ1v) is 13.5. The van der Waals surface area contributed by atoms with Gasteiger partial charge in [-0.3, -0.25) is 0 Å². The fourth-order valence-corrected chi connectivity index (χ4v) is 9.14. The molecule has 0 aromatic heterocycles. The summed E-state index contributed by atoms with van der Waals surface area (Å²) in [4.78, 5) is 0. The maximum atomic E-state index is 14.6. The topological polar surface area (TPSA) is 56.0 Å². The zero-order chi connectivity index (χ0) is 25.2. The van der Waals surface area contributed by atoms with E-state index in [1.54, 1.807) is 25.1 Å². The van der Waals surface area contributed by atoms with E-state index in [9.17, 15) is 18.3 Å². The highest BCUT2D eigenvalue weighted by atomic mass is 19.4. The van der Waals surface area contributed by atoms with Gasteiger partial charge in [0.15, 0.2) is 0 Å². The minimum atomic E-state index is -4.34. The Morgan fingerprint density at radius 3 is 2.46 bits per heavy atom. The number of hydrogen-bond acceptors (Lipinski definition) is 3. The molecule has 0 spiro atoms. The Kier molecular flexibility index (Phi) is 6.18. The van der Waals surface area contributed by atoms with E-state index in [0.29, 0.717) is 52.8 Å². The molecule has 192 valence electrons. The van der Waals surface area contributed by atoms with Crippen molar-refractivity contribution < 1.29 is 18.3 Å². The first-order valence-electron chi connectivity index (χ1n) is 13.5. The number of anilines is 1. The molecule has 0 unspecified atom stereocenters. The summed E-state index contributed by atoms with van der Waals surface area (Å²) in [5.74, 6) is 2.24. The van der Waals surface area contributed by atoms with Crippen molar-refractivity contribution in [3.05, 3.63) is 29.3 Å². The molecule has 2 N–H and O–H groups in total. The quantitative estimate of drug-likeness (QED) is 0.472. The van der Waals surface area contributed by atoms with Gasteiger partial charge in [0.05, 0.1) is 17.2 Å². The van der Waals surface area contributed by atoms with E-state index in [1.807, 2.05) is 6.92 Å². The molecule has 4 fully saturated rings. The SMILES string of the molecule is Cc1cc(C#N)ccc1N[C@H]([C@H]1CC[C@H]2[C@@H]3CC[C@@H]4C[C@](C)(O)CC[C@@H]4[C@H]3CC[C@]12C)C(F)(F)F. The van der Waals surface area contributed by atoms with Crippen LogP contribution in [0.1, 0.15) is 82.8 Å². The number of nitrogens with one attached hydrogen (secondary N) is 1. The van der Waals surface area contributed by atoms with Crippen LogP contribution in [0.25, 0.3) is 0 Å². The van der Waals surface area contributed by atoms with E-state index in [1.165, 1.54) is 0 Å². The molecule has 0 radical (unpaired) electrons. The van der Waals surface area contributed by atoms with Crippen LogP contribution in [0.5, 0.6) is 0 Å². The number of aliphatic hydroxyl groups is 1. The van der Waals surface area contributed by atoms with Crippen molar-refractivity contribution >= 4 is 5.69 Å². The van der Waals surface area contributed by atoms with Crippen molar-refractivity contribution in [3.8, 4) is 6.07 Å². The van der Waals surface area contributed by atoms with Crippen LogP contribution >= 0.6 is 0 Å². The van der Waals surface area contributed by atoms with Gasteiger partial charge >= 0.3 is 6.18 Å². The largest absolute Gasteiger partial charge is 0.408 e. The maximum Gasteiger partial charge on any atom is 0.408 e. The monoisotopic (exact) mass is 488 g/mol. The van der Waals surface area contributed by atoms with Gasteiger partial charge in [0, 0.05) is 5.69 Å². The Hall–Kier alpha value is -1.74. The van der Waals surface area contributed by atoms with Gasteiger partial charge in [-0.15, -0.1) is 0 Å². The summed E-state index contributed by atoms with van der Waals surface area (Å²) < 4.78 is 43.7. The molecule has 4 aliphatic rings. The lowest BCUT2D eigenvalue weighted by Gasteiger charge is -2.57. The predicted octanol–water partition coefficient (Wildman–Crippen LogP) is 7.23. The molecule has 6 heteroatoms. The van der Waals surface area contributed by atoms with E-state index < -0.39 is 23.7 Å². The smallest absolute Gasteiger partial charge is 0.390 e. The molecule has 4 aliphatic carbocycles. The van der Waals surface area contributed by atoms with Crippen molar-refractivity contribution in [1.82, 2.24) is 0 Å². The highest BCUT2D eigenvalue weighted by Gasteiger charge is 2.62. The third-order valence-corrected chi connectivity index (χ3v) is 10.7. The van der Waals surface area contributed by atoms with Gasteiger partial charge in [0.2, 0.25) is 0 Å². The lowest BCUT2D eigenvalue weighted by Crippen LogP contribution is -2.54. The van der Waals surface area contributed by atoms with Crippen molar-refractivity contribution in [3.63, 3.8) is 0 Å². The van der Waals surface area contributed by atoms with Crippen LogP contribution < -0.4 is 5.32 Å². The summed E-state index contributed by atoms with van der Waals surface area (Å²) >= 11 is 0. The molecule has 35 heavy (non-hydrogen) atoms. The molecule has 0 amide bonds. The van der Waals surface area contributed by atoms with Crippen LogP contribution in [0.15, 0.2) is 18.2 Å².